The molecular formula is C17H13F2N7OS. The van der Waals surface area contributed by atoms with Crippen LogP contribution in [0.5, 0.6) is 0 Å². The number of nitrogens with zero attached hydrogens (tertiary/aromatic N) is 6. The molecular weight excluding hydrogens is 388 g/mol. The zero-order valence-electron chi connectivity index (χ0n) is 14.3. The summed E-state index contributed by atoms with van der Waals surface area (Å²) in [4.78, 5) is 6.00. The average molecular weight is 401 g/mol. The molecule has 5 rings (SSSR count). The number of alkyl halides is 2. The van der Waals surface area contributed by atoms with E-state index in [-0.39, 0.29) is 5.89 Å². The highest BCUT2D eigenvalue weighted by molar-refractivity contribution is 7.15. The summed E-state index contributed by atoms with van der Waals surface area (Å²) in [5, 5.41) is 18.6. The van der Waals surface area contributed by atoms with Gasteiger partial charge < -0.3 is 9.73 Å². The number of halogens is 2. The summed E-state index contributed by atoms with van der Waals surface area (Å²) in [5.41, 5.74) is 2.85. The van der Waals surface area contributed by atoms with Gasteiger partial charge in [-0.15, -0.1) is 26.6 Å². The van der Waals surface area contributed by atoms with Gasteiger partial charge >= 0.3 is 6.43 Å². The molecule has 142 valence electrons. The van der Waals surface area contributed by atoms with Crippen molar-refractivity contribution < 1.29 is 13.2 Å². The molecule has 0 saturated heterocycles. The van der Waals surface area contributed by atoms with Crippen LogP contribution in [-0.2, 0) is 13.0 Å². The standard InChI is InChI=1S/C17H13F2N7OS/c18-14(19)17-24-23-16(27-17)13-2-1-11(28-13)7-26-8-12(22-25-26)10-5-9-3-4-20-15(9)21-6-10/h1-2,5-6,8,14H,3-4,7H2,(H,20,21). The van der Waals surface area contributed by atoms with E-state index in [2.05, 4.69) is 36.9 Å². The second-order valence-electron chi connectivity index (χ2n) is 6.22. The second-order valence-corrected chi connectivity index (χ2v) is 7.39. The summed E-state index contributed by atoms with van der Waals surface area (Å²) in [6, 6.07) is 5.71. The van der Waals surface area contributed by atoms with Crippen LogP contribution in [0.2, 0.25) is 0 Å². The quantitative estimate of drug-likeness (QED) is 0.548. The Hall–Kier alpha value is -3.21. The Bertz CT molecular complexity index is 1140. The van der Waals surface area contributed by atoms with E-state index in [4.69, 9.17) is 4.42 Å². The smallest absolute Gasteiger partial charge is 0.314 e. The molecule has 0 radical (unpaired) electrons. The van der Waals surface area contributed by atoms with Crippen LogP contribution in [0.4, 0.5) is 14.6 Å². The van der Waals surface area contributed by atoms with Crippen LogP contribution in [-0.4, -0.2) is 36.7 Å². The first kappa shape index (κ1) is 16.9. The van der Waals surface area contributed by atoms with Gasteiger partial charge in [0.2, 0.25) is 0 Å². The molecule has 0 aliphatic carbocycles. The Labute approximate surface area is 161 Å². The van der Waals surface area contributed by atoms with Gasteiger partial charge in [-0.3, -0.25) is 0 Å². The van der Waals surface area contributed by atoms with Crippen LogP contribution in [0.1, 0.15) is 22.8 Å². The molecule has 8 nitrogen and oxygen atoms in total. The molecule has 0 aromatic carbocycles. The first-order valence-electron chi connectivity index (χ1n) is 8.49. The molecule has 0 fully saturated rings. The minimum absolute atomic E-state index is 0.0867. The normalized spacial score (nSPS) is 13.1. The van der Waals surface area contributed by atoms with Crippen molar-refractivity contribution >= 4 is 17.2 Å². The highest BCUT2D eigenvalue weighted by Crippen LogP contribution is 2.30. The second kappa shape index (κ2) is 6.75. The highest BCUT2D eigenvalue weighted by Gasteiger charge is 2.18. The lowest BCUT2D eigenvalue weighted by Gasteiger charge is -2.00. The van der Waals surface area contributed by atoms with Gasteiger partial charge in [0.1, 0.15) is 11.5 Å². The Morgan fingerprint density at radius 3 is 3.04 bits per heavy atom. The van der Waals surface area contributed by atoms with Crippen molar-refractivity contribution in [3.05, 3.63) is 46.9 Å². The summed E-state index contributed by atoms with van der Waals surface area (Å²) in [6.07, 6.45) is 1.81. The summed E-state index contributed by atoms with van der Waals surface area (Å²) in [6.45, 7) is 1.39. The largest absolute Gasteiger partial charge is 0.414 e. The lowest BCUT2D eigenvalue weighted by molar-refractivity contribution is 0.116. The molecule has 0 amide bonds. The first-order chi connectivity index (χ1) is 13.7. The van der Waals surface area contributed by atoms with Gasteiger partial charge in [0.15, 0.2) is 0 Å². The Morgan fingerprint density at radius 2 is 2.18 bits per heavy atom. The van der Waals surface area contributed by atoms with Crippen LogP contribution in [0.15, 0.2) is 35.0 Å². The number of rotatable bonds is 5. The van der Waals surface area contributed by atoms with E-state index < -0.39 is 12.3 Å². The maximum atomic E-state index is 12.6. The molecule has 11 heteroatoms. The molecule has 0 atom stereocenters. The van der Waals surface area contributed by atoms with E-state index in [9.17, 15) is 8.78 Å². The van der Waals surface area contributed by atoms with Crippen molar-refractivity contribution in [3.8, 4) is 22.0 Å². The summed E-state index contributed by atoms with van der Waals surface area (Å²) in [7, 11) is 0. The predicted octanol–water partition coefficient (Wildman–Crippen LogP) is 3.41. The summed E-state index contributed by atoms with van der Waals surface area (Å²) < 4.78 is 31.9. The van der Waals surface area contributed by atoms with E-state index in [0.717, 1.165) is 34.9 Å². The number of nitrogens with one attached hydrogen (secondary N) is 1. The number of pyridine rings is 1. The number of thiophene rings is 1. The predicted molar refractivity (Wildman–Crippen MR) is 97.1 cm³/mol. The maximum Gasteiger partial charge on any atom is 0.314 e. The molecule has 0 spiro atoms. The lowest BCUT2D eigenvalue weighted by Crippen LogP contribution is -1.98. The molecule has 1 aliphatic rings. The number of fused-ring (bicyclic) bond motifs is 1. The van der Waals surface area contributed by atoms with Gasteiger partial charge in [0, 0.05) is 23.2 Å². The molecule has 5 heterocycles. The molecule has 0 saturated carbocycles. The van der Waals surface area contributed by atoms with E-state index in [0.29, 0.717) is 11.4 Å². The SMILES string of the molecule is FC(F)c1nnc(-c2ccc(Cn3cc(-c4cnc5c(c4)CCN5)nn3)s2)o1. The van der Waals surface area contributed by atoms with Crippen LogP contribution in [0, 0.1) is 0 Å². The minimum Gasteiger partial charge on any atom is -0.414 e. The zero-order valence-corrected chi connectivity index (χ0v) is 15.2. The van der Waals surface area contributed by atoms with E-state index in [1.807, 2.05) is 12.3 Å². The van der Waals surface area contributed by atoms with Gasteiger partial charge in [-0.05, 0) is 30.2 Å². The number of aromatic nitrogens is 6. The molecule has 4 aromatic rings. The van der Waals surface area contributed by atoms with Gasteiger partial charge in [-0.2, -0.15) is 8.78 Å². The third kappa shape index (κ3) is 3.13. The molecule has 0 bridgehead atoms. The van der Waals surface area contributed by atoms with Crippen LogP contribution in [0.3, 0.4) is 0 Å². The van der Waals surface area contributed by atoms with Crippen molar-refractivity contribution in [1.82, 2.24) is 30.2 Å². The third-order valence-electron chi connectivity index (χ3n) is 4.31. The fraction of sp³-hybridized carbons (Fsp3) is 0.235. The van der Waals surface area contributed by atoms with E-state index in [1.54, 1.807) is 16.9 Å². The van der Waals surface area contributed by atoms with E-state index in [1.165, 1.54) is 16.9 Å². The van der Waals surface area contributed by atoms with Crippen molar-refractivity contribution in [3.63, 3.8) is 0 Å². The first-order valence-corrected chi connectivity index (χ1v) is 9.31. The Kier molecular flexibility index (Phi) is 4.08. The molecule has 1 aliphatic heterocycles. The van der Waals surface area contributed by atoms with Gasteiger partial charge in [0.05, 0.1) is 17.6 Å². The van der Waals surface area contributed by atoms with Gasteiger partial charge in [-0.1, -0.05) is 5.21 Å². The van der Waals surface area contributed by atoms with Crippen molar-refractivity contribution in [2.45, 2.75) is 19.4 Å². The molecule has 28 heavy (non-hydrogen) atoms. The topological polar surface area (TPSA) is 94.6 Å². The fourth-order valence-corrected chi connectivity index (χ4v) is 3.90. The van der Waals surface area contributed by atoms with E-state index >= 15 is 0 Å². The average Bonchev–Trinajstić information content (AvgIpc) is 3.47. The number of anilines is 1. The van der Waals surface area contributed by atoms with Crippen LogP contribution < -0.4 is 5.32 Å². The van der Waals surface area contributed by atoms with Gasteiger partial charge in [-0.25, -0.2) is 9.67 Å². The monoisotopic (exact) mass is 401 g/mol. The van der Waals surface area contributed by atoms with Crippen molar-refractivity contribution in [2.24, 2.45) is 0 Å². The summed E-state index contributed by atoms with van der Waals surface area (Å²) >= 11 is 1.38. The Balaban J connectivity index is 1.33. The minimum atomic E-state index is -2.78. The lowest BCUT2D eigenvalue weighted by atomic mass is 10.1. The fourth-order valence-electron chi connectivity index (χ4n) is 2.98. The third-order valence-corrected chi connectivity index (χ3v) is 5.36. The van der Waals surface area contributed by atoms with Crippen molar-refractivity contribution in [1.29, 1.82) is 0 Å². The van der Waals surface area contributed by atoms with Gasteiger partial charge in [0.25, 0.3) is 11.8 Å². The number of hydrogen-bond donors (Lipinski definition) is 1. The Morgan fingerprint density at radius 1 is 1.25 bits per heavy atom. The van der Waals surface area contributed by atoms with Crippen LogP contribution >= 0.6 is 11.3 Å². The van der Waals surface area contributed by atoms with Crippen molar-refractivity contribution in [2.75, 3.05) is 11.9 Å². The number of hydrogen-bond acceptors (Lipinski definition) is 8. The highest BCUT2D eigenvalue weighted by atomic mass is 32.1. The summed E-state index contributed by atoms with van der Waals surface area (Å²) in [5.74, 6) is 0.339. The maximum absolute atomic E-state index is 12.6. The zero-order chi connectivity index (χ0) is 19.1. The van der Waals surface area contributed by atoms with Crippen LogP contribution in [0.25, 0.3) is 22.0 Å². The molecule has 1 N–H and O–H groups in total. The molecule has 4 aromatic heterocycles. The molecule has 0 unspecified atom stereocenters.